The first-order chi connectivity index (χ1) is 12.8. The number of carboxylic acid groups (broad SMARTS) is 1. The number of aliphatic carboxylic acids is 1. The number of nitrogens with one attached hydrogen (secondary N) is 2. The first kappa shape index (κ1) is 19.8. The maximum atomic E-state index is 12.2. The predicted octanol–water partition coefficient (Wildman–Crippen LogP) is -0.495. The zero-order chi connectivity index (χ0) is 19.8. The second kappa shape index (κ2) is 9.27. The Bertz CT molecular complexity index is 774. The van der Waals surface area contributed by atoms with Crippen molar-refractivity contribution < 1.29 is 19.5 Å². The molecule has 0 bridgehead atoms. The fourth-order valence-electron chi connectivity index (χ4n) is 2.55. The number of hydrogen-bond donors (Lipinski definition) is 5. The molecule has 144 valence electrons. The molecule has 11 nitrogen and oxygen atoms in total. The molecule has 0 radical (unpaired) electrons. The first-order valence-electron chi connectivity index (χ1n) is 8.21. The lowest BCUT2D eigenvalue weighted by Crippen LogP contribution is -2.47. The largest absolute Gasteiger partial charge is 0.481 e. The molecular weight excluding hydrogens is 354 g/mol. The van der Waals surface area contributed by atoms with Crippen molar-refractivity contribution in [3.05, 3.63) is 29.8 Å². The summed E-state index contributed by atoms with van der Waals surface area (Å²) in [5.41, 5.74) is 11.3. The van der Waals surface area contributed by atoms with Gasteiger partial charge in [0.15, 0.2) is 5.96 Å². The second-order valence-corrected chi connectivity index (χ2v) is 5.88. The van der Waals surface area contributed by atoms with Crippen molar-refractivity contribution in [2.45, 2.75) is 24.9 Å². The van der Waals surface area contributed by atoms with E-state index in [4.69, 9.17) is 16.6 Å². The number of carbonyl (C=O) groups excluding carboxylic acids is 2. The van der Waals surface area contributed by atoms with Gasteiger partial charge in [-0.3, -0.25) is 14.4 Å². The summed E-state index contributed by atoms with van der Waals surface area (Å²) in [6.07, 6.45) is 0.298. The Morgan fingerprint density at radius 2 is 2.11 bits per heavy atom. The van der Waals surface area contributed by atoms with Crippen molar-refractivity contribution in [2.75, 3.05) is 13.1 Å². The summed E-state index contributed by atoms with van der Waals surface area (Å²) < 4.78 is 0. The number of hydrogen-bond acceptors (Lipinski definition) is 6. The van der Waals surface area contributed by atoms with Crippen molar-refractivity contribution in [1.82, 2.24) is 10.6 Å². The third-order valence-electron chi connectivity index (χ3n) is 3.74. The monoisotopic (exact) mass is 375 g/mol. The van der Waals surface area contributed by atoms with Gasteiger partial charge in [0.2, 0.25) is 5.91 Å². The first-order valence-corrected chi connectivity index (χ1v) is 8.21. The minimum absolute atomic E-state index is 0.138. The second-order valence-electron chi connectivity index (χ2n) is 5.88. The number of guanidine groups is 1. The van der Waals surface area contributed by atoms with Gasteiger partial charge in [-0.25, -0.2) is 4.99 Å². The van der Waals surface area contributed by atoms with Gasteiger partial charge in [0.25, 0.3) is 5.91 Å². The highest BCUT2D eigenvalue weighted by Gasteiger charge is 2.27. The fourth-order valence-corrected chi connectivity index (χ4v) is 2.55. The van der Waals surface area contributed by atoms with Gasteiger partial charge in [-0.2, -0.15) is 10.2 Å². The number of carbonyl (C=O) groups is 3. The summed E-state index contributed by atoms with van der Waals surface area (Å²) in [6.45, 7) is 0.185. The van der Waals surface area contributed by atoms with Crippen LogP contribution in [0.3, 0.4) is 0 Å². The van der Waals surface area contributed by atoms with Gasteiger partial charge in [-0.15, -0.1) is 0 Å². The molecule has 2 rings (SSSR count). The molecule has 2 amide bonds. The maximum absolute atomic E-state index is 12.2. The van der Waals surface area contributed by atoms with E-state index in [9.17, 15) is 14.4 Å². The van der Waals surface area contributed by atoms with Crippen molar-refractivity contribution in [3.63, 3.8) is 0 Å². The summed E-state index contributed by atoms with van der Waals surface area (Å²) in [7, 11) is 0. The Balaban J connectivity index is 1.91. The van der Waals surface area contributed by atoms with E-state index in [0.717, 1.165) is 0 Å². The number of aliphatic imine (C=N–C) groups is 1. The van der Waals surface area contributed by atoms with Crippen LogP contribution in [0.5, 0.6) is 0 Å². The van der Waals surface area contributed by atoms with Gasteiger partial charge in [0.1, 0.15) is 0 Å². The predicted molar refractivity (Wildman–Crippen MR) is 96.6 cm³/mol. The molecule has 1 aliphatic heterocycles. The highest BCUT2D eigenvalue weighted by Crippen LogP contribution is 2.15. The van der Waals surface area contributed by atoms with Crippen LogP contribution in [0, 0.1) is 0 Å². The van der Waals surface area contributed by atoms with Gasteiger partial charge in [-0.1, -0.05) is 6.07 Å². The molecule has 11 heteroatoms. The van der Waals surface area contributed by atoms with Crippen molar-refractivity contribution in [1.29, 1.82) is 0 Å². The Labute approximate surface area is 154 Å². The van der Waals surface area contributed by atoms with Crippen LogP contribution in [-0.2, 0) is 9.59 Å². The van der Waals surface area contributed by atoms with Crippen LogP contribution in [0.2, 0.25) is 0 Å². The Kier molecular flexibility index (Phi) is 6.80. The van der Waals surface area contributed by atoms with Crippen LogP contribution in [0.25, 0.3) is 0 Å². The van der Waals surface area contributed by atoms with E-state index in [1.54, 1.807) is 18.2 Å². The Morgan fingerprint density at radius 3 is 2.74 bits per heavy atom. The zero-order valence-electron chi connectivity index (χ0n) is 14.5. The number of nitrogens with zero attached hydrogens (tertiary/aromatic N) is 3. The lowest BCUT2D eigenvalue weighted by molar-refractivity contribution is -0.137. The number of benzene rings is 1. The smallest absolute Gasteiger partial charge is 0.305 e. The van der Waals surface area contributed by atoms with Gasteiger partial charge < -0.3 is 27.2 Å². The SMILES string of the molecule is NC(N)=Nc1cccc(C(=O)NCC(=O)NC(CC(=O)O)C2CCN=N2)c1. The zero-order valence-corrected chi connectivity index (χ0v) is 14.5. The van der Waals surface area contributed by atoms with Gasteiger partial charge in [-0.05, 0) is 24.6 Å². The molecule has 0 saturated carbocycles. The van der Waals surface area contributed by atoms with E-state index < -0.39 is 23.8 Å². The molecule has 1 aromatic carbocycles. The molecule has 0 spiro atoms. The van der Waals surface area contributed by atoms with Crippen molar-refractivity contribution in [3.8, 4) is 0 Å². The fraction of sp³-hybridized carbons (Fsp3) is 0.375. The quantitative estimate of drug-likeness (QED) is 0.301. The highest BCUT2D eigenvalue weighted by atomic mass is 16.4. The Morgan fingerprint density at radius 1 is 1.33 bits per heavy atom. The summed E-state index contributed by atoms with van der Waals surface area (Å²) in [4.78, 5) is 39.1. The average Bonchev–Trinajstić information content (AvgIpc) is 3.13. The average molecular weight is 375 g/mol. The maximum Gasteiger partial charge on any atom is 0.305 e. The van der Waals surface area contributed by atoms with E-state index in [-0.39, 0.29) is 30.5 Å². The van der Waals surface area contributed by atoms with Crippen molar-refractivity contribution >= 4 is 29.4 Å². The highest BCUT2D eigenvalue weighted by molar-refractivity contribution is 5.97. The molecule has 0 saturated heterocycles. The number of carboxylic acids is 1. The molecule has 2 unspecified atom stereocenters. The number of amides is 2. The van der Waals surface area contributed by atoms with E-state index in [2.05, 4.69) is 25.9 Å². The summed E-state index contributed by atoms with van der Waals surface area (Å²) >= 11 is 0. The van der Waals surface area contributed by atoms with Crippen LogP contribution in [0.1, 0.15) is 23.2 Å². The summed E-state index contributed by atoms with van der Waals surface area (Å²) in [5, 5.41) is 21.8. The molecular formula is C16H21N7O4. The standard InChI is InChI=1S/C16H21N7O4/c17-16(18)21-10-3-1-2-9(6-10)15(27)19-8-13(24)22-12(7-14(25)26)11-4-5-20-23-11/h1-3,6,11-12H,4-5,7-8H2,(H,19,27)(H,22,24)(H,25,26)(H4,17,18,21). The molecule has 1 aliphatic rings. The minimum atomic E-state index is -1.05. The minimum Gasteiger partial charge on any atom is -0.481 e. The number of azo groups is 1. The van der Waals surface area contributed by atoms with Crippen LogP contribution in [0.4, 0.5) is 5.69 Å². The molecule has 2 atom stereocenters. The molecule has 0 aliphatic carbocycles. The van der Waals surface area contributed by atoms with Gasteiger partial charge in [0, 0.05) is 5.56 Å². The molecule has 7 N–H and O–H groups in total. The molecule has 27 heavy (non-hydrogen) atoms. The molecule has 1 aromatic rings. The van der Waals surface area contributed by atoms with Crippen molar-refractivity contribution in [2.24, 2.45) is 26.7 Å². The van der Waals surface area contributed by atoms with E-state index >= 15 is 0 Å². The van der Waals surface area contributed by atoms with E-state index in [1.165, 1.54) is 6.07 Å². The lowest BCUT2D eigenvalue weighted by Gasteiger charge is -2.20. The molecule has 0 fully saturated rings. The Hall–Kier alpha value is -3.50. The van der Waals surface area contributed by atoms with Crippen LogP contribution < -0.4 is 22.1 Å². The number of nitrogens with two attached hydrogens (primary N) is 2. The molecule has 1 heterocycles. The lowest BCUT2D eigenvalue weighted by atomic mass is 10.0. The van der Waals surface area contributed by atoms with Crippen LogP contribution >= 0.6 is 0 Å². The van der Waals surface area contributed by atoms with Gasteiger partial charge in [0.05, 0.1) is 37.3 Å². The van der Waals surface area contributed by atoms with Crippen LogP contribution in [0.15, 0.2) is 39.5 Å². The number of rotatable bonds is 8. The van der Waals surface area contributed by atoms with Gasteiger partial charge >= 0.3 is 5.97 Å². The third kappa shape index (κ3) is 6.38. The molecule has 0 aromatic heterocycles. The normalized spacial score (nSPS) is 16.4. The van der Waals surface area contributed by atoms with E-state index in [0.29, 0.717) is 18.7 Å². The summed E-state index contributed by atoms with van der Waals surface area (Å²) in [5.74, 6) is -2.20. The van der Waals surface area contributed by atoms with E-state index in [1.807, 2.05) is 0 Å². The third-order valence-corrected chi connectivity index (χ3v) is 3.74. The summed E-state index contributed by atoms with van der Waals surface area (Å²) in [6, 6.07) is 5.19. The topological polar surface area (TPSA) is 185 Å². The van der Waals surface area contributed by atoms with Crippen LogP contribution in [-0.4, -0.2) is 54.0 Å².